The lowest BCUT2D eigenvalue weighted by Gasteiger charge is -2.43. The quantitative estimate of drug-likeness (QED) is 0.882. The lowest BCUT2D eigenvalue weighted by Crippen LogP contribution is -2.48. The fraction of sp³-hybridized carbons (Fsp3) is 0.600. The van der Waals surface area contributed by atoms with Crippen LogP contribution in [-0.4, -0.2) is 33.4 Å². The van der Waals surface area contributed by atoms with Gasteiger partial charge in [-0.2, -0.15) is 0 Å². The maximum absolute atomic E-state index is 5.52. The summed E-state index contributed by atoms with van der Waals surface area (Å²) in [5.74, 6) is 1.74. The Labute approximate surface area is 108 Å². The largest absolute Gasteiger partial charge is 0.497 e. The molecular weight excluding hydrogens is 226 g/mol. The van der Waals surface area contributed by atoms with Crippen LogP contribution in [0.4, 0.5) is 0 Å². The van der Waals surface area contributed by atoms with Crippen molar-refractivity contribution in [3.63, 3.8) is 0 Å². The molecule has 0 aliphatic carbocycles. The summed E-state index contributed by atoms with van der Waals surface area (Å²) >= 11 is 0. The fourth-order valence-electron chi connectivity index (χ4n) is 3.15. The lowest BCUT2D eigenvalue weighted by atomic mass is 9.72. The van der Waals surface area contributed by atoms with Crippen LogP contribution in [0.25, 0.3) is 0 Å². The molecule has 0 amide bonds. The zero-order valence-electron chi connectivity index (χ0n) is 10.9. The van der Waals surface area contributed by atoms with E-state index in [0.717, 1.165) is 31.4 Å². The van der Waals surface area contributed by atoms with E-state index in [0.29, 0.717) is 0 Å². The van der Waals surface area contributed by atoms with Crippen molar-refractivity contribution in [1.82, 2.24) is 5.32 Å². The van der Waals surface area contributed by atoms with Crippen LogP contribution < -0.4 is 10.1 Å². The Morgan fingerprint density at radius 3 is 2.94 bits per heavy atom. The summed E-state index contributed by atoms with van der Waals surface area (Å²) in [6.07, 6.45) is 2.53. The predicted octanol–water partition coefficient (Wildman–Crippen LogP) is 1.96. The Kier molecular flexibility index (Phi) is 3.27. The second-order valence-electron chi connectivity index (χ2n) is 5.57. The number of benzene rings is 1. The van der Waals surface area contributed by atoms with Gasteiger partial charge >= 0.3 is 0 Å². The van der Waals surface area contributed by atoms with Crippen molar-refractivity contribution < 1.29 is 9.47 Å². The zero-order valence-corrected chi connectivity index (χ0v) is 10.9. The molecule has 98 valence electrons. The van der Waals surface area contributed by atoms with Crippen molar-refractivity contribution in [3.8, 4) is 5.75 Å². The highest BCUT2D eigenvalue weighted by atomic mass is 16.5. The van der Waals surface area contributed by atoms with E-state index in [-0.39, 0.29) is 5.41 Å². The first-order valence-corrected chi connectivity index (χ1v) is 6.75. The van der Waals surface area contributed by atoms with Crippen molar-refractivity contribution >= 4 is 0 Å². The van der Waals surface area contributed by atoms with Gasteiger partial charge in [0.2, 0.25) is 0 Å². The normalized spacial score (nSPS) is 25.7. The molecule has 2 fully saturated rings. The third-order valence-corrected chi connectivity index (χ3v) is 4.28. The van der Waals surface area contributed by atoms with E-state index in [2.05, 4.69) is 23.5 Å². The van der Waals surface area contributed by atoms with Gasteiger partial charge in [0.1, 0.15) is 5.75 Å². The Morgan fingerprint density at radius 2 is 2.33 bits per heavy atom. The Balaban J connectivity index is 1.80. The molecule has 3 nitrogen and oxygen atoms in total. The van der Waals surface area contributed by atoms with Crippen LogP contribution >= 0.6 is 0 Å². The summed E-state index contributed by atoms with van der Waals surface area (Å²) in [5.41, 5.74) is 1.60. The summed E-state index contributed by atoms with van der Waals surface area (Å²) in [4.78, 5) is 0. The second kappa shape index (κ2) is 4.90. The van der Waals surface area contributed by atoms with Crippen molar-refractivity contribution in [1.29, 1.82) is 0 Å². The topological polar surface area (TPSA) is 30.5 Å². The molecule has 2 saturated heterocycles. The highest BCUT2D eigenvalue weighted by molar-refractivity contribution is 5.35. The fourth-order valence-corrected chi connectivity index (χ4v) is 3.15. The molecule has 0 radical (unpaired) electrons. The van der Waals surface area contributed by atoms with E-state index in [4.69, 9.17) is 9.47 Å². The molecule has 0 spiro atoms. The predicted molar refractivity (Wildman–Crippen MR) is 71.1 cm³/mol. The summed E-state index contributed by atoms with van der Waals surface area (Å²) in [6, 6.07) is 8.48. The van der Waals surface area contributed by atoms with Gasteiger partial charge in [0.15, 0.2) is 0 Å². The maximum Gasteiger partial charge on any atom is 0.119 e. The first kappa shape index (κ1) is 12.0. The third-order valence-electron chi connectivity index (χ3n) is 4.28. The monoisotopic (exact) mass is 247 g/mol. The van der Waals surface area contributed by atoms with Crippen LogP contribution in [0, 0.1) is 5.92 Å². The van der Waals surface area contributed by atoms with Crippen LogP contribution in [0.1, 0.15) is 18.4 Å². The summed E-state index contributed by atoms with van der Waals surface area (Å²) in [6.45, 7) is 4.04. The van der Waals surface area contributed by atoms with Gasteiger partial charge in [0, 0.05) is 5.41 Å². The number of rotatable bonds is 4. The van der Waals surface area contributed by atoms with Gasteiger partial charge < -0.3 is 14.8 Å². The molecule has 1 unspecified atom stereocenters. The Morgan fingerprint density at radius 1 is 1.44 bits per heavy atom. The molecular formula is C15H21NO2. The highest BCUT2D eigenvalue weighted by Gasteiger charge is 2.42. The van der Waals surface area contributed by atoms with Crippen LogP contribution in [-0.2, 0) is 10.2 Å². The van der Waals surface area contributed by atoms with E-state index in [1.165, 1.54) is 24.9 Å². The van der Waals surface area contributed by atoms with Crippen molar-refractivity contribution in [2.45, 2.75) is 18.3 Å². The Hall–Kier alpha value is -1.06. The summed E-state index contributed by atoms with van der Waals surface area (Å²) in [7, 11) is 1.73. The Bertz CT molecular complexity index is 409. The molecule has 18 heavy (non-hydrogen) atoms. The van der Waals surface area contributed by atoms with Gasteiger partial charge in [0.25, 0.3) is 0 Å². The van der Waals surface area contributed by atoms with Gasteiger partial charge in [0.05, 0.1) is 20.3 Å². The van der Waals surface area contributed by atoms with Gasteiger partial charge in [-0.3, -0.25) is 0 Å². The molecule has 2 heterocycles. The summed E-state index contributed by atoms with van der Waals surface area (Å²) < 4.78 is 10.9. The van der Waals surface area contributed by atoms with Gasteiger partial charge in [-0.25, -0.2) is 0 Å². The smallest absolute Gasteiger partial charge is 0.119 e. The SMILES string of the molecule is COc1cccc(C2(CC3CCNC3)COC2)c1. The first-order valence-electron chi connectivity index (χ1n) is 6.75. The molecule has 0 saturated carbocycles. The standard InChI is InChI=1S/C15H21NO2/c1-17-14-4-2-3-13(7-14)15(10-18-11-15)8-12-5-6-16-9-12/h2-4,7,12,16H,5-6,8-11H2,1H3. The molecule has 1 aromatic carbocycles. The maximum atomic E-state index is 5.52. The minimum atomic E-state index is 0.227. The van der Waals surface area contributed by atoms with E-state index in [9.17, 15) is 0 Å². The van der Waals surface area contributed by atoms with Crippen LogP contribution in [0.2, 0.25) is 0 Å². The van der Waals surface area contributed by atoms with Gasteiger partial charge in [-0.05, 0) is 49.5 Å². The summed E-state index contributed by atoms with van der Waals surface area (Å²) in [5, 5.41) is 3.45. The van der Waals surface area contributed by atoms with Gasteiger partial charge in [-0.15, -0.1) is 0 Å². The molecule has 3 heteroatoms. The van der Waals surface area contributed by atoms with E-state index < -0.39 is 0 Å². The van der Waals surface area contributed by atoms with Crippen molar-refractivity contribution in [2.24, 2.45) is 5.92 Å². The number of hydrogen-bond donors (Lipinski definition) is 1. The van der Waals surface area contributed by atoms with E-state index in [1.807, 2.05) is 6.07 Å². The molecule has 0 aromatic heterocycles. The highest BCUT2D eigenvalue weighted by Crippen LogP contribution is 2.40. The van der Waals surface area contributed by atoms with E-state index in [1.54, 1.807) is 7.11 Å². The number of methoxy groups -OCH3 is 1. The van der Waals surface area contributed by atoms with Gasteiger partial charge in [-0.1, -0.05) is 12.1 Å². The van der Waals surface area contributed by atoms with Crippen LogP contribution in [0.5, 0.6) is 5.75 Å². The average Bonchev–Trinajstić information content (AvgIpc) is 2.86. The number of ether oxygens (including phenoxy) is 2. The molecule has 2 aliphatic heterocycles. The second-order valence-corrected chi connectivity index (χ2v) is 5.57. The zero-order chi connectivity index (χ0) is 12.4. The molecule has 2 aliphatic rings. The van der Waals surface area contributed by atoms with Crippen molar-refractivity contribution in [3.05, 3.63) is 29.8 Å². The average molecular weight is 247 g/mol. The minimum absolute atomic E-state index is 0.227. The third kappa shape index (κ3) is 2.13. The van der Waals surface area contributed by atoms with Crippen LogP contribution in [0.3, 0.4) is 0 Å². The van der Waals surface area contributed by atoms with Crippen LogP contribution in [0.15, 0.2) is 24.3 Å². The first-order chi connectivity index (χ1) is 8.82. The molecule has 1 N–H and O–H groups in total. The number of nitrogens with one attached hydrogen (secondary N) is 1. The van der Waals surface area contributed by atoms with Crippen molar-refractivity contribution in [2.75, 3.05) is 33.4 Å². The minimum Gasteiger partial charge on any atom is -0.497 e. The van der Waals surface area contributed by atoms with E-state index >= 15 is 0 Å². The molecule has 0 bridgehead atoms. The molecule has 3 rings (SSSR count). The number of hydrogen-bond acceptors (Lipinski definition) is 3. The molecule has 1 atom stereocenters. The molecule has 1 aromatic rings. The lowest BCUT2D eigenvalue weighted by molar-refractivity contribution is -0.0706.